The molecule has 0 aliphatic carbocycles. The summed E-state index contributed by atoms with van der Waals surface area (Å²) in [6.45, 7) is 0.357. The molecule has 11 nitrogen and oxygen atoms in total. The first-order valence-electron chi connectivity index (χ1n) is 21.0. The highest BCUT2D eigenvalue weighted by Gasteiger charge is 2.36. The van der Waals surface area contributed by atoms with Crippen LogP contribution in [-0.2, 0) is 23.8 Å². The molecule has 1 unspecified atom stereocenters. The molecule has 0 radical (unpaired) electrons. The third-order valence-electron chi connectivity index (χ3n) is 10.4. The Kier molecular flexibility index (Phi) is 22.4. The van der Waals surface area contributed by atoms with Crippen LogP contribution >= 0.6 is 34.8 Å². The SMILES string of the molecule is C.O=C(O)CC/C=C\C[C@@H]1CO[C@H](c2ccccc2Cl)O[C@@H]1c1ccccc1O.O=C(O)CC/C=C\C[C@H](CO)C1O[C@H](c2ccccc2Cl)Oc2ccccc21.O=Cc1ccccc1Cl. The van der Waals surface area contributed by atoms with Crippen LogP contribution in [0, 0.1) is 11.8 Å². The zero-order valence-corrected chi connectivity index (χ0v) is 37.6. The molecule has 5 aromatic carbocycles. The summed E-state index contributed by atoms with van der Waals surface area (Å²) in [4.78, 5) is 31.4. The number of hydrogen-bond donors (Lipinski definition) is 4. The Morgan fingerprint density at radius 1 is 0.652 bits per heavy atom. The van der Waals surface area contributed by atoms with Crippen LogP contribution in [0.2, 0.25) is 15.1 Å². The van der Waals surface area contributed by atoms with Crippen LogP contribution in [0.25, 0.3) is 0 Å². The highest BCUT2D eigenvalue weighted by atomic mass is 35.5. The minimum Gasteiger partial charge on any atom is -0.508 e. The number of aldehydes is 1. The smallest absolute Gasteiger partial charge is 0.303 e. The van der Waals surface area contributed by atoms with Crippen molar-refractivity contribution in [1.82, 2.24) is 0 Å². The van der Waals surface area contributed by atoms with Gasteiger partial charge in [-0.15, -0.1) is 0 Å². The fraction of sp³-hybridized carbons (Fsp3) is 0.288. The number of carbonyl (C=O) groups excluding carboxylic acids is 1. The van der Waals surface area contributed by atoms with E-state index in [1.165, 1.54) is 0 Å². The van der Waals surface area contributed by atoms with Crippen molar-refractivity contribution in [3.8, 4) is 11.5 Å². The number of aromatic hydroxyl groups is 1. The predicted octanol–water partition coefficient (Wildman–Crippen LogP) is 13.0. The Balaban J connectivity index is 0.000000240. The minimum atomic E-state index is -0.826. The third-order valence-corrected chi connectivity index (χ3v) is 11.4. The van der Waals surface area contributed by atoms with Gasteiger partial charge in [0.15, 0.2) is 12.6 Å². The lowest BCUT2D eigenvalue weighted by Gasteiger charge is -2.37. The molecular formula is C52H55Cl3O11. The van der Waals surface area contributed by atoms with Gasteiger partial charge in [-0.25, -0.2) is 0 Å². The predicted molar refractivity (Wildman–Crippen MR) is 256 cm³/mol. The fourth-order valence-electron chi connectivity index (χ4n) is 7.05. The quantitative estimate of drug-likeness (QED) is 0.0548. The maximum Gasteiger partial charge on any atom is 0.303 e. The van der Waals surface area contributed by atoms with Crippen molar-refractivity contribution in [3.05, 3.63) is 189 Å². The van der Waals surface area contributed by atoms with Crippen molar-refractivity contribution in [2.24, 2.45) is 11.8 Å². The fourth-order valence-corrected chi connectivity index (χ4v) is 7.68. The summed E-state index contributed by atoms with van der Waals surface area (Å²) in [5.41, 5.74) is 3.60. The van der Waals surface area contributed by atoms with Crippen molar-refractivity contribution in [2.45, 2.75) is 70.7 Å². The Morgan fingerprint density at radius 3 is 1.74 bits per heavy atom. The number of aliphatic hydroxyl groups is 1. The lowest BCUT2D eigenvalue weighted by molar-refractivity contribution is -0.244. The van der Waals surface area contributed by atoms with Gasteiger partial charge in [-0.3, -0.25) is 14.4 Å². The van der Waals surface area contributed by atoms with Crippen LogP contribution < -0.4 is 4.74 Å². The average Bonchev–Trinajstić information content (AvgIpc) is 3.31. The molecule has 2 aliphatic rings. The second-order valence-electron chi connectivity index (χ2n) is 15.0. The first-order chi connectivity index (χ1) is 31.5. The summed E-state index contributed by atoms with van der Waals surface area (Å²) in [5.74, 6) is -0.982. The zero-order chi connectivity index (χ0) is 46.6. The third kappa shape index (κ3) is 15.8. The number of para-hydroxylation sites is 2. The Hall–Kier alpha value is -5.50. The van der Waals surface area contributed by atoms with Crippen molar-refractivity contribution < 1.29 is 53.8 Å². The van der Waals surface area contributed by atoms with E-state index in [-0.39, 0.29) is 56.7 Å². The molecule has 0 bridgehead atoms. The van der Waals surface area contributed by atoms with Gasteiger partial charge in [-0.2, -0.15) is 0 Å². The normalized spacial score (nSPS) is 19.1. The molecule has 2 aliphatic heterocycles. The highest BCUT2D eigenvalue weighted by molar-refractivity contribution is 6.33. The number of halogens is 3. The maximum absolute atomic E-state index is 10.6. The van der Waals surface area contributed by atoms with Gasteiger partial charge < -0.3 is 39.4 Å². The van der Waals surface area contributed by atoms with Gasteiger partial charge >= 0.3 is 11.9 Å². The van der Waals surface area contributed by atoms with Crippen LogP contribution in [0.1, 0.15) is 103 Å². The second kappa shape index (κ2) is 27.9. The van der Waals surface area contributed by atoms with Crippen molar-refractivity contribution in [1.29, 1.82) is 0 Å². The minimum absolute atomic E-state index is 0. The molecule has 0 saturated carbocycles. The Bertz CT molecular complexity index is 2340. The summed E-state index contributed by atoms with van der Waals surface area (Å²) in [7, 11) is 0. The molecule has 14 heteroatoms. The van der Waals surface area contributed by atoms with E-state index in [0.717, 1.165) is 23.0 Å². The van der Waals surface area contributed by atoms with Crippen LogP contribution in [0.15, 0.2) is 146 Å². The number of ether oxygens (including phenoxy) is 4. The van der Waals surface area contributed by atoms with Gasteiger partial charge in [0, 0.05) is 64.1 Å². The molecule has 6 atom stereocenters. The van der Waals surface area contributed by atoms with E-state index in [0.29, 0.717) is 64.2 Å². The summed E-state index contributed by atoms with van der Waals surface area (Å²) >= 11 is 18.2. The van der Waals surface area contributed by atoms with E-state index in [1.54, 1.807) is 48.5 Å². The number of aliphatic hydroxyl groups excluding tert-OH is 1. The van der Waals surface area contributed by atoms with E-state index in [4.69, 9.17) is 64.0 Å². The number of rotatable bonds is 16. The second-order valence-corrected chi connectivity index (χ2v) is 16.2. The lowest BCUT2D eigenvalue weighted by Crippen LogP contribution is -2.30. The van der Waals surface area contributed by atoms with Gasteiger partial charge in [0.05, 0.1) is 28.9 Å². The highest BCUT2D eigenvalue weighted by Crippen LogP contribution is 2.46. The number of allylic oxidation sites excluding steroid dienone is 4. The van der Waals surface area contributed by atoms with Crippen molar-refractivity contribution in [3.63, 3.8) is 0 Å². The van der Waals surface area contributed by atoms with Crippen LogP contribution in [0.3, 0.4) is 0 Å². The number of benzene rings is 5. The van der Waals surface area contributed by atoms with Gasteiger partial charge in [0.2, 0.25) is 6.29 Å². The molecule has 5 aromatic rings. The van der Waals surface area contributed by atoms with Crippen LogP contribution in [-0.4, -0.2) is 51.9 Å². The largest absolute Gasteiger partial charge is 0.508 e. The van der Waals surface area contributed by atoms with Gasteiger partial charge in [-0.1, -0.05) is 158 Å². The molecule has 4 N–H and O–H groups in total. The van der Waals surface area contributed by atoms with E-state index < -0.39 is 24.5 Å². The molecule has 66 heavy (non-hydrogen) atoms. The van der Waals surface area contributed by atoms with E-state index in [9.17, 15) is 24.6 Å². The van der Waals surface area contributed by atoms with Crippen LogP contribution in [0.5, 0.6) is 11.5 Å². The van der Waals surface area contributed by atoms with E-state index in [1.807, 2.05) is 97.1 Å². The molecule has 2 heterocycles. The van der Waals surface area contributed by atoms with Crippen LogP contribution in [0.4, 0.5) is 0 Å². The first-order valence-corrected chi connectivity index (χ1v) is 22.1. The molecule has 350 valence electrons. The Labute approximate surface area is 400 Å². The topological polar surface area (TPSA) is 169 Å². The standard InChI is InChI=1S/2C22H23ClO5.C7H5ClO.CH4/c23-18-11-6-4-9-16(18)22-27-14-15(8-2-1-3-13-20(25)26)21(28-22)17-10-5-7-12-19(17)24;23-18-11-6-4-9-16(18)22-27-19-12-7-5-10-17(19)21(28-22)15(14-24)8-2-1-3-13-20(25)26;8-7-4-2-1-3-6(7)5-9;/h2*1-2,4-7,9-12,15,21-22,24H,3,8,13-14H2,(H,25,26);1-5H;1H4/b2*2-1-;;/t15-,21+,22+;15-,21?,22-;;/m11../s1. The zero-order valence-electron chi connectivity index (χ0n) is 35.3. The van der Waals surface area contributed by atoms with Gasteiger partial charge in [-0.05, 0) is 56.0 Å². The molecular weight excluding hydrogens is 907 g/mol. The van der Waals surface area contributed by atoms with E-state index >= 15 is 0 Å². The van der Waals surface area contributed by atoms with E-state index in [2.05, 4.69) is 0 Å². The maximum atomic E-state index is 10.6. The Morgan fingerprint density at radius 2 is 1.18 bits per heavy atom. The number of carboxylic acid groups (broad SMARTS) is 2. The monoisotopic (exact) mass is 960 g/mol. The number of aliphatic carboxylic acids is 2. The number of fused-ring (bicyclic) bond motifs is 1. The summed E-state index contributed by atoms with van der Waals surface area (Å²) in [5, 5.41) is 39.4. The number of carbonyl (C=O) groups is 3. The van der Waals surface area contributed by atoms with Crippen molar-refractivity contribution in [2.75, 3.05) is 13.2 Å². The molecule has 0 amide bonds. The van der Waals surface area contributed by atoms with Gasteiger partial charge in [0.25, 0.3) is 0 Å². The summed E-state index contributed by atoms with van der Waals surface area (Å²) < 4.78 is 24.4. The molecule has 7 rings (SSSR count). The number of phenols is 1. The number of phenolic OH excluding ortho intramolecular Hbond substituents is 1. The molecule has 0 aromatic heterocycles. The first kappa shape index (κ1) is 53.1. The molecule has 1 fully saturated rings. The lowest BCUT2D eigenvalue weighted by atomic mass is 9.91. The molecule has 1 saturated heterocycles. The summed E-state index contributed by atoms with van der Waals surface area (Å²) in [6, 6.07) is 36.4. The van der Waals surface area contributed by atoms with Gasteiger partial charge in [0.1, 0.15) is 11.5 Å². The molecule has 0 spiro atoms. The number of carboxylic acids is 2. The van der Waals surface area contributed by atoms with Crippen molar-refractivity contribution >= 4 is 53.0 Å². The average molecular weight is 962 g/mol. The number of hydrogen-bond acceptors (Lipinski definition) is 9. The summed E-state index contributed by atoms with van der Waals surface area (Å²) in [6.07, 6.45) is 8.57.